The predicted octanol–water partition coefficient (Wildman–Crippen LogP) is 5.06. The summed E-state index contributed by atoms with van der Waals surface area (Å²) in [5.41, 5.74) is 6.88. The van der Waals surface area contributed by atoms with Gasteiger partial charge in [0.15, 0.2) is 0 Å². The molecule has 156 valence electrons. The fraction of sp³-hybridized carbons (Fsp3) is 0.143. The molecule has 1 aromatic heterocycles. The molecule has 4 aromatic rings. The van der Waals surface area contributed by atoms with Crippen LogP contribution in [0.15, 0.2) is 89.7 Å². The Morgan fingerprint density at radius 1 is 0.844 bits per heavy atom. The molecule has 0 fully saturated rings. The fourth-order valence-corrected chi connectivity index (χ4v) is 4.46. The number of hydrogen-bond donors (Lipinski definition) is 0. The lowest BCUT2D eigenvalue weighted by Gasteiger charge is -2.18. The lowest BCUT2D eigenvalue weighted by atomic mass is 9.98. The highest BCUT2D eigenvalue weighted by Crippen LogP contribution is 2.39. The topological polar surface area (TPSA) is 55.0 Å². The summed E-state index contributed by atoms with van der Waals surface area (Å²) in [6.07, 6.45) is 0.672. The molecule has 0 aliphatic heterocycles. The van der Waals surface area contributed by atoms with Gasteiger partial charge in [-0.25, -0.2) is 0 Å². The molecular weight excluding hydrogens is 396 g/mol. The number of fused-ring (bicyclic) bond motifs is 3. The average Bonchev–Trinajstić information content (AvgIpc) is 3.22. The number of benzene rings is 3. The van der Waals surface area contributed by atoms with Crippen molar-refractivity contribution < 1.29 is 4.74 Å². The molecule has 0 spiro atoms. The van der Waals surface area contributed by atoms with E-state index in [1.807, 2.05) is 72.8 Å². The second-order valence-electron chi connectivity index (χ2n) is 7.98. The summed E-state index contributed by atoms with van der Waals surface area (Å²) in [5.74, 6) is 0. The van der Waals surface area contributed by atoms with Gasteiger partial charge in [-0.15, -0.1) is 0 Å². The SMILES string of the molecule is N#Cc1c(COCc2ccccc2)c2c(n(Cc3ccccc3)c1=O)Cc1ccccc1-2. The van der Waals surface area contributed by atoms with Crippen molar-refractivity contribution in [1.29, 1.82) is 5.26 Å². The van der Waals surface area contributed by atoms with Crippen molar-refractivity contribution in [3.05, 3.63) is 129 Å². The molecule has 1 aliphatic rings. The maximum atomic E-state index is 13.5. The van der Waals surface area contributed by atoms with Crippen LogP contribution in [0.1, 0.15) is 33.5 Å². The molecule has 1 aliphatic carbocycles. The summed E-state index contributed by atoms with van der Waals surface area (Å²) in [4.78, 5) is 13.5. The van der Waals surface area contributed by atoms with Crippen LogP contribution < -0.4 is 5.56 Å². The number of rotatable bonds is 6. The third kappa shape index (κ3) is 3.64. The standard InChI is InChI=1S/C28H22N2O2/c29-16-24-25(19-32-18-21-11-5-2-6-12-21)27-23-14-8-7-13-22(23)15-26(27)30(28(24)31)17-20-9-3-1-4-10-20/h1-14H,15,17-19H2. The second-order valence-corrected chi connectivity index (χ2v) is 7.98. The van der Waals surface area contributed by atoms with Crippen molar-refractivity contribution in [2.24, 2.45) is 0 Å². The van der Waals surface area contributed by atoms with Crippen LogP contribution >= 0.6 is 0 Å². The third-order valence-electron chi connectivity index (χ3n) is 5.97. The minimum Gasteiger partial charge on any atom is -0.372 e. The van der Waals surface area contributed by atoms with E-state index in [0.29, 0.717) is 25.1 Å². The molecular formula is C28H22N2O2. The van der Waals surface area contributed by atoms with E-state index in [-0.39, 0.29) is 17.7 Å². The first-order valence-corrected chi connectivity index (χ1v) is 10.7. The van der Waals surface area contributed by atoms with Crippen molar-refractivity contribution in [2.45, 2.75) is 26.2 Å². The van der Waals surface area contributed by atoms with Crippen LogP contribution in [0.25, 0.3) is 11.1 Å². The fourth-order valence-electron chi connectivity index (χ4n) is 4.46. The van der Waals surface area contributed by atoms with E-state index in [9.17, 15) is 10.1 Å². The third-order valence-corrected chi connectivity index (χ3v) is 5.97. The smallest absolute Gasteiger partial charge is 0.269 e. The Morgan fingerprint density at radius 2 is 1.50 bits per heavy atom. The summed E-state index contributed by atoms with van der Waals surface area (Å²) >= 11 is 0. The highest BCUT2D eigenvalue weighted by atomic mass is 16.5. The summed E-state index contributed by atoms with van der Waals surface area (Å²) in [5, 5.41) is 9.97. The minimum atomic E-state index is -0.249. The van der Waals surface area contributed by atoms with Crippen molar-refractivity contribution in [3.8, 4) is 17.2 Å². The molecule has 0 saturated carbocycles. The predicted molar refractivity (Wildman–Crippen MR) is 124 cm³/mol. The Kier molecular flexibility index (Phi) is 5.41. The summed E-state index contributed by atoms with van der Waals surface area (Å²) in [6, 6.07) is 30.2. The molecule has 0 amide bonds. The highest BCUT2D eigenvalue weighted by molar-refractivity contribution is 5.80. The van der Waals surface area contributed by atoms with Crippen LogP contribution in [-0.2, 0) is 30.9 Å². The van der Waals surface area contributed by atoms with Gasteiger partial charge in [0.1, 0.15) is 11.6 Å². The van der Waals surface area contributed by atoms with Crippen LogP contribution in [0.5, 0.6) is 0 Å². The Balaban J connectivity index is 1.61. The first kappa shape index (κ1) is 20.0. The van der Waals surface area contributed by atoms with E-state index in [4.69, 9.17) is 4.74 Å². The van der Waals surface area contributed by atoms with Crippen molar-refractivity contribution in [2.75, 3.05) is 0 Å². The largest absolute Gasteiger partial charge is 0.372 e. The molecule has 4 heteroatoms. The number of nitriles is 1. The van der Waals surface area contributed by atoms with E-state index in [2.05, 4.69) is 18.2 Å². The van der Waals surface area contributed by atoms with Crippen LogP contribution in [0, 0.1) is 11.3 Å². The summed E-state index contributed by atoms with van der Waals surface area (Å²) < 4.78 is 7.77. The zero-order chi connectivity index (χ0) is 21.9. The van der Waals surface area contributed by atoms with Crippen LogP contribution in [0.3, 0.4) is 0 Å². The van der Waals surface area contributed by atoms with Gasteiger partial charge < -0.3 is 9.30 Å². The first-order valence-electron chi connectivity index (χ1n) is 10.7. The van der Waals surface area contributed by atoms with E-state index >= 15 is 0 Å². The van der Waals surface area contributed by atoms with E-state index in [1.54, 1.807) is 4.57 Å². The Morgan fingerprint density at radius 3 is 2.22 bits per heavy atom. The van der Waals surface area contributed by atoms with E-state index in [1.165, 1.54) is 5.56 Å². The summed E-state index contributed by atoms with van der Waals surface area (Å²) in [7, 11) is 0. The normalized spacial score (nSPS) is 11.6. The van der Waals surface area contributed by atoms with Crippen LogP contribution in [0.4, 0.5) is 0 Å². The van der Waals surface area contributed by atoms with Gasteiger partial charge in [-0.05, 0) is 22.3 Å². The molecule has 1 heterocycles. The monoisotopic (exact) mass is 418 g/mol. The Labute approximate surface area is 187 Å². The molecule has 5 rings (SSSR count). The molecule has 0 N–H and O–H groups in total. The van der Waals surface area contributed by atoms with Gasteiger partial charge in [-0.3, -0.25) is 4.79 Å². The quantitative estimate of drug-likeness (QED) is 0.387. The Bertz CT molecular complexity index is 1370. The second kappa shape index (κ2) is 8.66. The van der Waals surface area contributed by atoms with Crippen molar-refractivity contribution >= 4 is 0 Å². The zero-order valence-electron chi connectivity index (χ0n) is 17.6. The molecule has 32 heavy (non-hydrogen) atoms. The molecule has 4 nitrogen and oxygen atoms in total. The van der Waals surface area contributed by atoms with Gasteiger partial charge in [0, 0.05) is 23.2 Å². The molecule has 0 atom stereocenters. The number of pyridine rings is 1. The van der Waals surface area contributed by atoms with Gasteiger partial charge in [-0.1, -0.05) is 84.9 Å². The maximum Gasteiger partial charge on any atom is 0.269 e. The first-order chi connectivity index (χ1) is 15.8. The van der Waals surface area contributed by atoms with Gasteiger partial charge in [0.2, 0.25) is 0 Å². The Hall–Kier alpha value is -3.94. The lowest BCUT2D eigenvalue weighted by molar-refractivity contribution is 0.107. The summed E-state index contributed by atoms with van der Waals surface area (Å²) in [6.45, 7) is 1.08. The number of ether oxygens (including phenoxy) is 1. The molecule has 0 radical (unpaired) electrons. The number of hydrogen-bond acceptors (Lipinski definition) is 3. The van der Waals surface area contributed by atoms with Crippen molar-refractivity contribution in [3.63, 3.8) is 0 Å². The highest BCUT2D eigenvalue weighted by Gasteiger charge is 2.29. The average molecular weight is 418 g/mol. The van der Waals surface area contributed by atoms with Gasteiger partial charge >= 0.3 is 0 Å². The maximum absolute atomic E-state index is 13.5. The van der Waals surface area contributed by atoms with Gasteiger partial charge in [-0.2, -0.15) is 5.26 Å². The lowest BCUT2D eigenvalue weighted by Crippen LogP contribution is -2.28. The van der Waals surface area contributed by atoms with Gasteiger partial charge in [0.25, 0.3) is 5.56 Å². The molecule has 3 aromatic carbocycles. The number of nitrogens with zero attached hydrogens (tertiary/aromatic N) is 2. The molecule has 0 bridgehead atoms. The molecule has 0 saturated heterocycles. The number of aromatic nitrogens is 1. The molecule has 0 unspecified atom stereocenters. The van der Waals surface area contributed by atoms with E-state index in [0.717, 1.165) is 27.9 Å². The minimum absolute atomic E-state index is 0.171. The van der Waals surface area contributed by atoms with Crippen LogP contribution in [0.2, 0.25) is 0 Å². The van der Waals surface area contributed by atoms with Crippen molar-refractivity contribution in [1.82, 2.24) is 4.57 Å². The zero-order valence-corrected chi connectivity index (χ0v) is 17.6. The van der Waals surface area contributed by atoms with Crippen LogP contribution in [-0.4, -0.2) is 4.57 Å². The van der Waals surface area contributed by atoms with Gasteiger partial charge in [0.05, 0.1) is 19.8 Å². The van der Waals surface area contributed by atoms with E-state index < -0.39 is 0 Å².